The Morgan fingerprint density at radius 2 is 1.62 bits per heavy atom. The number of carbonyl (C=O) groups excluding carboxylic acids is 2. The lowest BCUT2D eigenvalue weighted by atomic mass is 10.1. The molecule has 168 valence electrons. The van der Waals surface area contributed by atoms with E-state index < -0.39 is 11.7 Å². The largest absolute Gasteiger partial charge is 0.416 e. The molecular weight excluding hydrogens is 421 g/mol. The van der Waals surface area contributed by atoms with E-state index in [4.69, 9.17) is 0 Å². The summed E-state index contributed by atoms with van der Waals surface area (Å²) in [7, 11) is 0. The van der Waals surface area contributed by atoms with Crippen LogP contribution in [0.3, 0.4) is 0 Å². The van der Waals surface area contributed by atoms with Crippen molar-refractivity contribution in [3.05, 3.63) is 65.9 Å². The number of alkyl halides is 3. The minimum absolute atomic E-state index is 0.00365. The molecule has 32 heavy (non-hydrogen) atoms. The zero-order valence-corrected chi connectivity index (χ0v) is 17.3. The molecule has 0 aliphatic carbocycles. The summed E-state index contributed by atoms with van der Waals surface area (Å²) in [6, 6.07) is 12.6. The Morgan fingerprint density at radius 1 is 0.938 bits per heavy atom. The molecule has 0 atom stereocenters. The van der Waals surface area contributed by atoms with Crippen LogP contribution in [0, 0.1) is 0 Å². The van der Waals surface area contributed by atoms with Crippen molar-refractivity contribution in [2.45, 2.75) is 12.6 Å². The molecule has 2 aromatic carbocycles. The van der Waals surface area contributed by atoms with Crippen LogP contribution in [0.15, 0.2) is 54.7 Å². The summed E-state index contributed by atoms with van der Waals surface area (Å²) in [5, 5.41) is 3.78. The van der Waals surface area contributed by atoms with Crippen LogP contribution < -0.4 is 5.32 Å². The fourth-order valence-corrected chi connectivity index (χ4v) is 3.85. The van der Waals surface area contributed by atoms with Gasteiger partial charge in [0.05, 0.1) is 18.5 Å². The molecule has 1 aliphatic rings. The zero-order valence-electron chi connectivity index (χ0n) is 17.3. The van der Waals surface area contributed by atoms with Gasteiger partial charge in [0.1, 0.15) is 0 Å². The number of benzene rings is 2. The number of fused-ring (bicyclic) bond motifs is 1. The van der Waals surface area contributed by atoms with Gasteiger partial charge in [-0.15, -0.1) is 0 Å². The van der Waals surface area contributed by atoms with Crippen LogP contribution in [0.2, 0.25) is 0 Å². The first-order chi connectivity index (χ1) is 15.3. The van der Waals surface area contributed by atoms with Crippen molar-refractivity contribution < 1.29 is 22.8 Å². The summed E-state index contributed by atoms with van der Waals surface area (Å²) in [4.78, 5) is 31.7. The van der Waals surface area contributed by atoms with Crippen molar-refractivity contribution in [2.75, 3.05) is 38.0 Å². The van der Waals surface area contributed by atoms with E-state index in [9.17, 15) is 22.8 Å². The lowest BCUT2D eigenvalue weighted by Gasteiger charge is -2.35. The van der Waals surface area contributed by atoms with Crippen LogP contribution in [0.1, 0.15) is 11.1 Å². The van der Waals surface area contributed by atoms with Gasteiger partial charge in [-0.2, -0.15) is 13.2 Å². The van der Waals surface area contributed by atoms with Crippen molar-refractivity contribution in [1.29, 1.82) is 0 Å². The molecule has 3 aromatic rings. The van der Waals surface area contributed by atoms with Crippen molar-refractivity contribution in [2.24, 2.45) is 0 Å². The van der Waals surface area contributed by atoms with E-state index in [2.05, 4.69) is 10.3 Å². The molecule has 2 amide bonds. The van der Waals surface area contributed by atoms with E-state index in [0.717, 1.165) is 28.6 Å². The Morgan fingerprint density at radius 3 is 2.34 bits per heavy atom. The van der Waals surface area contributed by atoms with Crippen molar-refractivity contribution in [3.8, 4) is 0 Å². The van der Waals surface area contributed by atoms with E-state index in [1.807, 2.05) is 30.5 Å². The average Bonchev–Trinajstić information content (AvgIpc) is 3.20. The van der Waals surface area contributed by atoms with Crippen LogP contribution in [0.25, 0.3) is 10.9 Å². The Labute approximate surface area is 183 Å². The second-order valence-corrected chi connectivity index (χ2v) is 7.73. The van der Waals surface area contributed by atoms with Gasteiger partial charge in [-0.1, -0.05) is 24.3 Å². The highest BCUT2D eigenvalue weighted by Crippen LogP contribution is 2.30. The second kappa shape index (κ2) is 8.94. The zero-order chi connectivity index (χ0) is 22.7. The van der Waals surface area contributed by atoms with E-state index >= 15 is 0 Å². The van der Waals surface area contributed by atoms with Gasteiger partial charge in [-0.3, -0.25) is 9.59 Å². The maximum atomic E-state index is 12.8. The summed E-state index contributed by atoms with van der Waals surface area (Å²) >= 11 is 0. The quantitative estimate of drug-likeness (QED) is 0.633. The molecule has 9 heteroatoms. The third-order valence-electron chi connectivity index (χ3n) is 5.64. The molecule has 1 aromatic heterocycles. The number of carbonyl (C=O) groups is 2. The highest BCUT2D eigenvalue weighted by molar-refractivity contribution is 5.89. The van der Waals surface area contributed by atoms with Gasteiger partial charge < -0.3 is 20.1 Å². The molecule has 1 saturated heterocycles. The number of hydrogen-bond donors (Lipinski definition) is 2. The number of aromatic nitrogens is 1. The molecule has 2 N–H and O–H groups in total. The Bertz CT molecular complexity index is 1120. The second-order valence-electron chi connectivity index (χ2n) is 7.73. The Hall–Kier alpha value is -3.49. The Kier molecular flexibility index (Phi) is 6.07. The first-order valence-electron chi connectivity index (χ1n) is 10.3. The summed E-state index contributed by atoms with van der Waals surface area (Å²) < 4.78 is 38.5. The third kappa shape index (κ3) is 4.87. The lowest BCUT2D eigenvalue weighted by molar-refractivity contribution is -0.138. The predicted octanol–water partition coefficient (Wildman–Crippen LogP) is 3.51. The standard InChI is InChI=1S/C23H23F3N4O2/c24-23(25,26)17-4-3-5-18(13-17)27-15-22(32)30-10-8-29(9-11-30)21(31)12-16-14-28-20-7-2-1-6-19(16)20/h1-7,13-14,27-28H,8-12,15H2. The van der Waals surface area contributed by atoms with E-state index in [-0.39, 0.29) is 30.5 Å². The lowest BCUT2D eigenvalue weighted by Crippen LogP contribution is -2.52. The monoisotopic (exact) mass is 444 g/mol. The van der Waals surface area contributed by atoms with Gasteiger partial charge in [0.15, 0.2) is 0 Å². The fraction of sp³-hybridized carbons (Fsp3) is 0.304. The van der Waals surface area contributed by atoms with Crippen LogP contribution in [-0.4, -0.2) is 59.3 Å². The van der Waals surface area contributed by atoms with Gasteiger partial charge in [0.25, 0.3) is 0 Å². The minimum Gasteiger partial charge on any atom is -0.376 e. The van der Waals surface area contributed by atoms with Gasteiger partial charge in [-0.05, 0) is 29.8 Å². The molecule has 0 spiro atoms. The molecule has 0 bridgehead atoms. The molecule has 4 rings (SSSR count). The number of H-pyrrole nitrogens is 1. The molecule has 1 fully saturated rings. The third-order valence-corrected chi connectivity index (χ3v) is 5.64. The first-order valence-corrected chi connectivity index (χ1v) is 10.3. The number of rotatable bonds is 5. The number of piperazine rings is 1. The van der Waals surface area contributed by atoms with Crippen molar-refractivity contribution >= 4 is 28.4 Å². The van der Waals surface area contributed by atoms with Crippen molar-refractivity contribution in [3.63, 3.8) is 0 Å². The number of nitrogens with zero attached hydrogens (tertiary/aromatic N) is 2. The Balaban J connectivity index is 1.27. The van der Waals surface area contributed by atoms with Gasteiger partial charge in [-0.25, -0.2) is 0 Å². The van der Waals surface area contributed by atoms with E-state index in [0.29, 0.717) is 26.2 Å². The fourth-order valence-electron chi connectivity index (χ4n) is 3.85. The number of halogens is 3. The number of amides is 2. The number of hydrogen-bond acceptors (Lipinski definition) is 3. The van der Waals surface area contributed by atoms with Gasteiger partial charge in [0, 0.05) is 49.0 Å². The van der Waals surface area contributed by atoms with Gasteiger partial charge >= 0.3 is 6.18 Å². The van der Waals surface area contributed by atoms with Crippen LogP contribution in [-0.2, 0) is 22.2 Å². The summed E-state index contributed by atoms with van der Waals surface area (Å²) in [5.74, 6) is -0.213. The van der Waals surface area contributed by atoms with Crippen LogP contribution in [0.4, 0.5) is 18.9 Å². The van der Waals surface area contributed by atoms with E-state index in [1.54, 1.807) is 9.80 Å². The molecule has 0 radical (unpaired) electrons. The average molecular weight is 444 g/mol. The summed E-state index contributed by atoms with van der Waals surface area (Å²) in [5.41, 5.74) is 1.39. The smallest absolute Gasteiger partial charge is 0.376 e. The minimum atomic E-state index is -4.43. The molecular formula is C23H23F3N4O2. The molecule has 0 unspecified atom stereocenters. The molecule has 0 saturated carbocycles. The number of para-hydroxylation sites is 1. The van der Waals surface area contributed by atoms with Crippen molar-refractivity contribution in [1.82, 2.24) is 14.8 Å². The molecule has 1 aliphatic heterocycles. The number of nitrogens with one attached hydrogen (secondary N) is 2. The highest BCUT2D eigenvalue weighted by atomic mass is 19.4. The van der Waals surface area contributed by atoms with Gasteiger partial charge in [0.2, 0.25) is 11.8 Å². The topological polar surface area (TPSA) is 68.4 Å². The molecule has 2 heterocycles. The maximum Gasteiger partial charge on any atom is 0.416 e. The van der Waals surface area contributed by atoms with E-state index in [1.165, 1.54) is 12.1 Å². The SMILES string of the molecule is O=C(CNc1cccc(C(F)(F)F)c1)N1CCN(C(=O)Cc2c[nH]c3ccccc23)CC1. The van der Waals surface area contributed by atoms with Crippen LogP contribution in [0.5, 0.6) is 0 Å². The number of aromatic amines is 1. The highest BCUT2D eigenvalue weighted by Gasteiger charge is 2.30. The maximum absolute atomic E-state index is 12.8. The number of anilines is 1. The van der Waals surface area contributed by atoms with Crippen LogP contribution >= 0.6 is 0 Å². The summed E-state index contributed by atoms with van der Waals surface area (Å²) in [6.45, 7) is 1.53. The normalized spacial score (nSPS) is 14.6. The molecule has 6 nitrogen and oxygen atoms in total. The summed E-state index contributed by atoms with van der Waals surface area (Å²) in [6.07, 6.45) is -2.30. The first kappa shape index (κ1) is 21.7. The predicted molar refractivity (Wildman–Crippen MR) is 115 cm³/mol.